The Morgan fingerprint density at radius 1 is 1.58 bits per heavy atom. The van der Waals surface area contributed by atoms with Crippen molar-refractivity contribution in [2.45, 2.75) is 32.8 Å². The maximum Gasteiger partial charge on any atom is 0.141 e. The van der Waals surface area contributed by atoms with Crippen molar-refractivity contribution in [3.8, 4) is 5.75 Å². The van der Waals surface area contributed by atoms with Gasteiger partial charge in [-0.2, -0.15) is 0 Å². The molecule has 0 radical (unpaired) electrons. The van der Waals surface area contributed by atoms with Crippen LogP contribution >= 0.6 is 0 Å². The molecule has 0 saturated carbocycles. The zero-order valence-corrected chi connectivity index (χ0v) is 7.50. The first-order valence-electron chi connectivity index (χ1n) is 4.45. The van der Waals surface area contributed by atoms with Crippen molar-refractivity contribution in [2.24, 2.45) is 0 Å². The Morgan fingerprint density at radius 3 is 3.17 bits per heavy atom. The first-order chi connectivity index (χ1) is 5.79. The third-order valence-electron chi connectivity index (χ3n) is 2.16. The van der Waals surface area contributed by atoms with Crippen molar-refractivity contribution in [3.63, 3.8) is 0 Å². The van der Waals surface area contributed by atoms with Crippen LogP contribution in [0.2, 0.25) is 0 Å². The summed E-state index contributed by atoms with van der Waals surface area (Å²) < 4.78 is 5.54. The average Bonchev–Trinajstić information content (AvgIpc) is 2.43. The maximum absolute atomic E-state index is 5.54. The normalized spacial score (nSPS) is 20.3. The highest BCUT2D eigenvalue weighted by atomic mass is 16.5. The SMILES string of the molecule is CCc1ccc2c(n1)CC(C)O2. The number of hydrogen-bond donors (Lipinski definition) is 0. The van der Waals surface area contributed by atoms with E-state index in [0.717, 1.165) is 30.0 Å². The van der Waals surface area contributed by atoms with Crippen LogP contribution in [-0.4, -0.2) is 11.1 Å². The maximum atomic E-state index is 5.54. The van der Waals surface area contributed by atoms with Crippen LogP contribution in [0.3, 0.4) is 0 Å². The van der Waals surface area contributed by atoms with Gasteiger partial charge >= 0.3 is 0 Å². The fourth-order valence-electron chi connectivity index (χ4n) is 1.51. The van der Waals surface area contributed by atoms with Crippen molar-refractivity contribution in [2.75, 3.05) is 0 Å². The second kappa shape index (κ2) is 2.77. The van der Waals surface area contributed by atoms with Crippen molar-refractivity contribution >= 4 is 0 Å². The highest BCUT2D eigenvalue weighted by Crippen LogP contribution is 2.26. The highest BCUT2D eigenvalue weighted by molar-refractivity contribution is 5.33. The molecule has 0 aliphatic carbocycles. The fourth-order valence-corrected chi connectivity index (χ4v) is 1.51. The minimum absolute atomic E-state index is 0.305. The van der Waals surface area contributed by atoms with Gasteiger partial charge in [-0.1, -0.05) is 6.92 Å². The largest absolute Gasteiger partial charge is 0.488 e. The summed E-state index contributed by atoms with van der Waals surface area (Å²) in [4.78, 5) is 4.50. The van der Waals surface area contributed by atoms with E-state index < -0.39 is 0 Å². The summed E-state index contributed by atoms with van der Waals surface area (Å²) in [5, 5.41) is 0. The molecule has 1 aromatic rings. The molecule has 12 heavy (non-hydrogen) atoms. The lowest BCUT2D eigenvalue weighted by Gasteiger charge is -2.01. The van der Waals surface area contributed by atoms with Crippen LogP contribution < -0.4 is 4.74 Å². The van der Waals surface area contributed by atoms with Gasteiger partial charge in [0.15, 0.2) is 0 Å². The van der Waals surface area contributed by atoms with E-state index in [1.165, 1.54) is 0 Å². The van der Waals surface area contributed by atoms with Gasteiger partial charge in [-0.15, -0.1) is 0 Å². The van der Waals surface area contributed by atoms with Gasteiger partial charge in [-0.05, 0) is 25.5 Å². The van der Waals surface area contributed by atoms with Gasteiger partial charge in [0.25, 0.3) is 0 Å². The Bertz CT molecular complexity index is 296. The van der Waals surface area contributed by atoms with Gasteiger partial charge in [0.05, 0.1) is 5.69 Å². The molecule has 1 atom stereocenters. The number of fused-ring (bicyclic) bond motifs is 1. The Hall–Kier alpha value is -1.05. The molecule has 2 rings (SSSR count). The number of pyridine rings is 1. The van der Waals surface area contributed by atoms with E-state index in [2.05, 4.69) is 18.8 Å². The van der Waals surface area contributed by atoms with E-state index in [1.807, 2.05) is 12.1 Å². The Morgan fingerprint density at radius 2 is 2.42 bits per heavy atom. The van der Waals surface area contributed by atoms with E-state index in [1.54, 1.807) is 0 Å². The van der Waals surface area contributed by atoms with E-state index in [-0.39, 0.29) is 0 Å². The van der Waals surface area contributed by atoms with Gasteiger partial charge in [0.2, 0.25) is 0 Å². The molecule has 2 nitrogen and oxygen atoms in total. The molecule has 1 aliphatic heterocycles. The summed E-state index contributed by atoms with van der Waals surface area (Å²) in [5.41, 5.74) is 2.29. The van der Waals surface area contributed by atoms with Crippen molar-refractivity contribution < 1.29 is 4.74 Å². The number of hydrogen-bond acceptors (Lipinski definition) is 2. The first kappa shape index (κ1) is 7.59. The quantitative estimate of drug-likeness (QED) is 0.631. The third kappa shape index (κ3) is 1.17. The molecule has 2 heterocycles. The topological polar surface area (TPSA) is 22.1 Å². The van der Waals surface area contributed by atoms with Gasteiger partial charge in [0.1, 0.15) is 11.9 Å². The number of ether oxygens (including phenoxy) is 1. The summed E-state index contributed by atoms with van der Waals surface area (Å²) in [5.74, 6) is 0.972. The number of rotatable bonds is 1. The number of aryl methyl sites for hydroxylation is 1. The van der Waals surface area contributed by atoms with E-state index in [0.29, 0.717) is 6.10 Å². The van der Waals surface area contributed by atoms with Crippen LogP contribution in [0.25, 0.3) is 0 Å². The minimum atomic E-state index is 0.305. The lowest BCUT2D eigenvalue weighted by Crippen LogP contribution is -2.05. The molecule has 1 aromatic heterocycles. The minimum Gasteiger partial charge on any atom is -0.488 e. The van der Waals surface area contributed by atoms with Crippen molar-refractivity contribution in [3.05, 3.63) is 23.5 Å². The van der Waals surface area contributed by atoms with E-state index in [4.69, 9.17) is 4.74 Å². The lowest BCUT2D eigenvalue weighted by atomic mass is 10.2. The molecule has 0 spiro atoms. The summed E-state index contributed by atoms with van der Waals surface area (Å²) >= 11 is 0. The van der Waals surface area contributed by atoms with Gasteiger partial charge in [-0.3, -0.25) is 4.98 Å². The Balaban J connectivity index is 2.35. The number of nitrogens with zero attached hydrogens (tertiary/aromatic N) is 1. The molecule has 0 aromatic carbocycles. The van der Waals surface area contributed by atoms with Crippen LogP contribution in [0.15, 0.2) is 12.1 Å². The summed E-state index contributed by atoms with van der Waals surface area (Å²) in [6, 6.07) is 4.07. The molecular weight excluding hydrogens is 150 g/mol. The van der Waals surface area contributed by atoms with Crippen molar-refractivity contribution in [1.29, 1.82) is 0 Å². The highest BCUT2D eigenvalue weighted by Gasteiger charge is 2.19. The smallest absolute Gasteiger partial charge is 0.141 e. The summed E-state index contributed by atoms with van der Waals surface area (Å²) in [7, 11) is 0. The van der Waals surface area contributed by atoms with E-state index in [9.17, 15) is 0 Å². The standard InChI is InChI=1S/C10H13NO/c1-3-8-4-5-10-9(11-8)6-7(2)12-10/h4-5,7H,3,6H2,1-2H3. The van der Waals surface area contributed by atoms with Gasteiger partial charge < -0.3 is 4.74 Å². The van der Waals surface area contributed by atoms with Crippen LogP contribution in [0.1, 0.15) is 25.2 Å². The second-order valence-corrected chi connectivity index (χ2v) is 3.23. The van der Waals surface area contributed by atoms with E-state index >= 15 is 0 Å². The van der Waals surface area contributed by atoms with Crippen LogP contribution in [0.4, 0.5) is 0 Å². The average molecular weight is 163 g/mol. The van der Waals surface area contributed by atoms with Gasteiger partial charge in [-0.25, -0.2) is 0 Å². The molecule has 0 amide bonds. The van der Waals surface area contributed by atoms with Crippen LogP contribution in [-0.2, 0) is 12.8 Å². The second-order valence-electron chi connectivity index (χ2n) is 3.23. The summed E-state index contributed by atoms with van der Waals surface area (Å²) in [6.45, 7) is 4.20. The molecule has 0 saturated heterocycles. The lowest BCUT2D eigenvalue weighted by molar-refractivity contribution is 0.254. The zero-order chi connectivity index (χ0) is 8.55. The van der Waals surface area contributed by atoms with Crippen molar-refractivity contribution in [1.82, 2.24) is 4.98 Å². The summed E-state index contributed by atoms with van der Waals surface area (Å²) in [6.07, 6.45) is 2.27. The number of aromatic nitrogens is 1. The monoisotopic (exact) mass is 163 g/mol. The van der Waals surface area contributed by atoms with Crippen LogP contribution in [0, 0.1) is 0 Å². The molecular formula is C10H13NO. The Labute approximate surface area is 72.6 Å². The molecule has 64 valence electrons. The fraction of sp³-hybridized carbons (Fsp3) is 0.500. The molecule has 2 heteroatoms. The zero-order valence-electron chi connectivity index (χ0n) is 7.50. The Kier molecular flexibility index (Phi) is 1.75. The predicted octanol–water partition coefficient (Wildman–Crippen LogP) is 1.97. The van der Waals surface area contributed by atoms with Gasteiger partial charge in [0, 0.05) is 12.1 Å². The predicted molar refractivity (Wildman–Crippen MR) is 47.4 cm³/mol. The molecule has 0 bridgehead atoms. The first-order valence-corrected chi connectivity index (χ1v) is 4.45. The van der Waals surface area contributed by atoms with Crippen LogP contribution in [0.5, 0.6) is 5.75 Å². The third-order valence-corrected chi connectivity index (χ3v) is 2.16. The molecule has 0 fully saturated rings. The molecule has 1 aliphatic rings. The molecule has 0 N–H and O–H groups in total. The molecule has 1 unspecified atom stereocenters.